The van der Waals surface area contributed by atoms with Crippen LogP contribution in [-0.2, 0) is 17.2 Å². The maximum Gasteiger partial charge on any atom is 0.407 e. The highest BCUT2D eigenvalue weighted by molar-refractivity contribution is 6.17. The third-order valence-electron chi connectivity index (χ3n) is 1.95. The van der Waals surface area contributed by atoms with E-state index < -0.39 is 6.09 Å². The molecule has 0 unspecified atom stereocenters. The molecule has 0 heterocycles. The van der Waals surface area contributed by atoms with E-state index in [2.05, 4.69) is 5.32 Å². The molecule has 1 N–H and O–H groups in total. The fourth-order valence-corrected chi connectivity index (χ4v) is 1.33. The highest BCUT2D eigenvalue weighted by Gasteiger charge is 2.03. The molecular weight excluding hydrogens is 226 g/mol. The van der Waals surface area contributed by atoms with Gasteiger partial charge in [-0.1, -0.05) is 24.3 Å². The highest BCUT2D eigenvalue weighted by atomic mass is 35.5. The molecule has 1 aromatic carbocycles. The molecule has 0 atom stereocenters. The van der Waals surface area contributed by atoms with Gasteiger partial charge in [-0.3, -0.25) is 0 Å². The number of ether oxygens (including phenoxy) is 1. The van der Waals surface area contributed by atoms with Crippen LogP contribution in [0, 0.1) is 0 Å². The van der Waals surface area contributed by atoms with Crippen molar-refractivity contribution in [2.24, 2.45) is 0 Å². The van der Waals surface area contributed by atoms with E-state index >= 15 is 0 Å². The Morgan fingerprint density at radius 3 is 2.38 bits per heavy atom. The third kappa shape index (κ3) is 4.53. The zero-order valence-electron chi connectivity index (χ0n) is 9.50. The molecule has 0 saturated carbocycles. The van der Waals surface area contributed by atoms with Crippen molar-refractivity contribution in [1.29, 1.82) is 0 Å². The topological polar surface area (TPSA) is 38.3 Å². The molecule has 0 saturated heterocycles. The summed E-state index contributed by atoms with van der Waals surface area (Å²) in [4.78, 5) is 11.2. The molecule has 16 heavy (non-hydrogen) atoms. The number of amides is 1. The summed E-state index contributed by atoms with van der Waals surface area (Å²) in [5.41, 5.74) is 2.00. The Morgan fingerprint density at radius 2 is 1.88 bits per heavy atom. The van der Waals surface area contributed by atoms with Gasteiger partial charge in [-0.05, 0) is 25.0 Å². The van der Waals surface area contributed by atoms with E-state index in [0.717, 1.165) is 11.1 Å². The minimum Gasteiger partial charge on any atom is -0.445 e. The zero-order valence-corrected chi connectivity index (χ0v) is 10.3. The molecule has 0 aliphatic rings. The number of hydrogen-bond donors (Lipinski definition) is 1. The van der Waals surface area contributed by atoms with Crippen molar-refractivity contribution in [3.8, 4) is 0 Å². The predicted octanol–water partition coefficient (Wildman–Crippen LogP) is 3.06. The lowest BCUT2D eigenvalue weighted by atomic mass is 10.2. The van der Waals surface area contributed by atoms with Crippen LogP contribution in [0.1, 0.15) is 25.0 Å². The lowest BCUT2D eigenvalue weighted by Crippen LogP contribution is -2.30. The maximum absolute atomic E-state index is 11.2. The highest BCUT2D eigenvalue weighted by Crippen LogP contribution is 2.07. The van der Waals surface area contributed by atoms with Gasteiger partial charge in [0.15, 0.2) is 0 Å². The Hall–Kier alpha value is -1.22. The fraction of sp³-hybridized carbons (Fsp3) is 0.417. The summed E-state index contributed by atoms with van der Waals surface area (Å²) in [6.45, 7) is 4.05. The Labute approximate surface area is 101 Å². The minimum atomic E-state index is -0.392. The van der Waals surface area contributed by atoms with Crippen molar-refractivity contribution in [2.75, 3.05) is 0 Å². The molecule has 1 rings (SSSR count). The summed E-state index contributed by atoms with van der Waals surface area (Å²) in [5.74, 6) is 0.495. The number of halogens is 1. The van der Waals surface area contributed by atoms with Crippen molar-refractivity contribution < 1.29 is 9.53 Å². The van der Waals surface area contributed by atoms with E-state index in [-0.39, 0.29) is 12.6 Å². The molecular formula is C12H16ClNO2. The normalized spacial score (nSPS) is 10.2. The fourth-order valence-electron chi connectivity index (χ4n) is 1.15. The van der Waals surface area contributed by atoms with E-state index in [9.17, 15) is 4.79 Å². The van der Waals surface area contributed by atoms with Crippen LogP contribution >= 0.6 is 11.6 Å². The second-order valence-electron chi connectivity index (χ2n) is 3.83. The van der Waals surface area contributed by atoms with Crippen LogP contribution in [0.4, 0.5) is 4.79 Å². The van der Waals surface area contributed by atoms with E-state index in [4.69, 9.17) is 16.3 Å². The van der Waals surface area contributed by atoms with Gasteiger partial charge in [0, 0.05) is 11.9 Å². The second kappa shape index (κ2) is 6.38. The summed E-state index contributed by atoms with van der Waals surface area (Å²) in [6, 6.07) is 7.74. The monoisotopic (exact) mass is 241 g/mol. The smallest absolute Gasteiger partial charge is 0.407 e. The number of hydrogen-bond acceptors (Lipinski definition) is 2. The van der Waals surface area contributed by atoms with E-state index in [0.29, 0.717) is 5.88 Å². The molecule has 0 radical (unpaired) electrons. The van der Waals surface area contributed by atoms with Gasteiger partial charge in [-0.15, -0.1) is 11.6 Å². The number of carbonyl (C=O) groups excluding carboxylic acids is 1. The number of nitrogens with one attached hydrogen (secondary N) is 1. The number of rotatable bonds is 4. The van der Waals surface area contributed by atoms with Gasteiger partial charge in [0.25, 0.3) is 0 Å². The molecule has 0 aliphatic heterocycles. The molecule has 0 aromatic heterocycles. The van der Waals surface area contributed by atoms with Crippen molar-refractivity contribution in [2.45, 2.75) is 32.4 Å². The van der Waals surface area contributed by atoms with E-state index in [1.54, 1.807) is 0 Å². The Kier molecular flexibility index (Phi) is 5.12. The molecule has 0 spiro atoms. The molecule has 0 bridgehead atoms. The van der Waals surface area contributed by atoms with Gasteiger partial charge in [0.05, 0.1) is 0 Å². The van der Waals surface area contributed by atoms with Crippen LogP contribution in [0.15, 0.2) is 24.3 Å². The predicted molar refractivity (Wildman–Crippen MR) is 64.5 cm³/mol. The first kappa shape index (κ1) is 12.8. The van der Waals surface area contributed by atoms with E-state index in [1.165, 1.54) is 0 Å². The number of alkyl carbamates (subject to hydrolysis) is 1. The molecule has 0 fully saturated rings. The van der Waals surface area contributed by atoms with Crippen LogP contribution in [0.2, 0.25) is 0 Å². The first-order valence-corrected chi connectivity index (χ1v) is 5.72. The Balaban J connectivity index is 2.39. The van der Waals surface area contributed by atoms with Crippen LogP contribution < -0.4 is 5.32 Å². The lowest BCUT2D eigenvalue weighted by Gasteiger charge is -2.09. The SMILES string of the molecule is CC(C)NC(=O)OCc1ccc(CCl)cc1. The van der Waals surface area contributed by atoms with Crippen molar-refractivity contribution in [3.05, 3.63) is 35.4 Å². The van der Waals surface area contributed by atoms with Crippen LogP contribution in [0.5, 0.6) is 0 Å². The summed E-state index contributed by atoms with van der Waals surface area (Å²) < 4.78 is 5.03. The number of benzene rings is 1. The first-order valence-electron chi connectivity index (χ1n) is 5.19. The Morgan fingerprint density at radius 1 is 1.31 bits per heavy atom. The minimum absolute atomic E-state index is 0.0890. The van der Waals surface area contributed by atoms with Gasteiger partial charge >= 0.3 is 6.09 Å². The molecule has 1 amide bonds. The lowest BCUT2D eigenvalue weighted by molar-refractivity contribution is 0.137. The van der Waals surface area contributed by atoms with Crippen LogP contribution in [0.25, 0.3) is 0 Å². The third-order valence-corrected chi connectivity index (χ3v) is 2.26. The summed E-state index contributed by atoms with van der Waals surface area (Å²) in [7, 11) is 0. The van der Waals surface area contributed by atoms with Gasteiger partial charge < -0.3 is 10.1 Å². The van der Waals surface area contributed by atoms with Gasteiger partial charge in [-0.25, -0.2) is 4.79 Å². The average molecular weight is 242 g/mol. The maximum atomic E-state index is 11.2. The quantitative estimate of drug-likeness (QED) is 0.823. The molecule has 4 heteroatoms. The molecule has 3 nitrogen and oxygen atoms in total. The standard InChI is InChI=1S/C12H16ClNO2/c1-9(2)14-12(15)16-8-11-5-3-10(7-13)4-6-11/h3-6,9H,7-8H2,1-2H3,(H,14,15). The zero-order chi connectivity index (χ0) is 12.0. The Bertz CT molecular complexity index is 335. The van der Waals surface area contributed by atoms with Gasteiger partial charge in [0.2, 0.25) is 0 Å². The van der Waals surface area contributed by atoms with Crippen LogP contribution in [0.3, 0.4) is 0 Å². The number of alkyl halides is 1. The summed E-state index contributed by atoms with van der Waals surface area (Å²) in [6.07, 6.45) is -0.392. The average Bonchev–Trinajstić information content (AvgIpc) is 2.26. The molecule has 1 aromatic rings. The van der Waals surface area contributed by atoms with E-state index in [1.807, 2.05) is 38.1 Å². The van der Waals surface area contributed by atoms with Gasteiger partial charge in [0.1, 0.15) is 6.61 Å². The summed E-state index contributed by atoms with van der Waals surface area (Å²) >= 11 is 5.67. The molecule has 0 aliphatic carbocycles. The first-order chi connectivity index (χ1) is 7.61. The summed E-state index contributed by atoms with van der Waals surface area (Å²) in [5, 5.41) is 2.65. The second-order valence-corrected chi connectivity index (χ2v) is 4.09. The van der Waals surface area contributed by atoms with Crippen molar-refractivity contribution in [3.63, 3.8) is 0 Å². The van der Waals surface area contributed by atoms with Crippen LogP contribution in [-0.4, -0.2) is 12.1 Å². The molecule has 88 valence electrons. The van der Waals surface area contributed by atoms with Crippen molar-refractivity contribution in [1.82, 2.24) is 5.32 Å². The van der Waals surface area contributed by atoms with Crippen molar-refractivity contribution >= 4 is 17.7 Å². The number of carbonyl (C=O) groups is 1. The largest absolute Gasteiger partial charge is 0.445 e. The van der Waals surface area contributed by atoms with Gasteiger partial charge in [-0.2, -0.15) is 0 Å².